The fourth-order valence-corrected chi connectivity index (χ4v) is 2.46. The van der Waals surface area contributed by atoms with Crippen molar-refractivity contribution < 1.29 is 27.2 Å². The van der Waals surface area contributed by atoms with Gasteiger partial charge in [0.05, 0.1) is 16.6 Å². The zero-order chi connectivity index (χ0) is 16.5. The van der Waals surface area contributed by atoms with Gasteiger partial charge in [-0.3, -0.25) is 9.59 Å². The Morgan fingerprint density at radius 3 is 2.68 bits per heavy atom. The van der Waals surface area contributed by atoms with Gasteiger partial charge in [-0.15, -0.1) is 0 Å². The molecule has 9 heteroatoms. The van der Waals surface area contributed by atoms with Gasteiger partial charge in [-0.2, -0.15) is 13.2 Å². The van der Waals surface area contributed by atoms with Crippen molar-refractivity contribution in [3.8, 4) is 0 Å². The summed E-state index contributed by atoms with van der Waals surface area (Å²) in [5.41, 5.74) is -0.397. The van der Waals surface area contributed by atoms with E-state index in [-0.39, 0.29) is 18.0 Å². The molecule has 1 N–H and O–H groups in total. The van der Waals surface area contributed by atoms with E-state index in [1.54, 1.807) is 0 Å². The van der Waals surface area contributed by atoms with E-state index in [2.05, 4.69) is 5.32 Å². The normalized spacial score (nSPS) is 18.7. The number of nitrogens with zero attached hydrogens (tertiary/aromatic N) is 1. The minimum absolute atomic E-state index is 0.117. The van der Waals surface area contributed by atoms with Crippen molar-refractivity contribution in [2.75, 3.05) is 13.1 Å². The van der Waals surface area contributed by atoms with Gasteiger partial charge in [0.15, 0.2) is 0 Å². The molecule has 1 aliphatic rings. The molecule has 0 saturated carbocycles. The van der Waals surface area contributed by atoms with Crippen LogP contribution < -0.4 is 5.32 Å². The fourth-order valence-electron chi connectivity index (χ4n) is 2.21. The third-order valence-corrected chi connectivity index (χ3v) is 3.42. The topological polar surface area (TPSA) is 49.4 Å². The van der Waals surface area contributed by atoms with Gasteiger partial charge < -0.3 is 10.2 Å². The SMILES string of the molecule is O=C(N[C@@H]1CC(=O)N(CC(F)(F)F)C1)c1c(F)cccc1Cl. The first-order valence-corrected chi connectivity index (χ1v) is 6.64. The lowest BCUT2D eigenvalue weighted by molar-refractivity contribution is -0.157. The monoisotopic (exact) mass is 338 g/mol. The van der Waals surface area contributed by atoms with E-state index in [0.717, 1.165) is 6.07 Å². The van der Waals surface area contributed by atoms with Crippen LogP contribution in [0, 0.1) is 5.82 Å². The summed E-state index contributed by atoms with van der Waals surface area (Å²) in [5.74, 6) is -2.43. The zero-order valence-electron chi connectivity index (χ0n) is 11.1. The molecule has 0 spiro atoms. The summed E-state index contributed by atoms with van der Waals surface area (Å²) in [4.78, 5) is 24.0. The molecule has 1 aromatic carbocycles. The van der Waals surface area contributed by atoms with Gasteiger partial charge in [-0.1, -0.05) is 17.7 Å². The van der Waals surface area contributed by atoms with Crippen LogP contribution in [0.25, 0.3) is 0 Å². The average molecular weight is 339 g/mol. The van der Waals surface area contributed by atoms with Gasteiger partial charge in [0.2, 0.25) is 5.91 Å². The van der Waals surface area contributed by atoms with Crippen molar-refractivity contribution in [3.05, 3.63) is 34.6 Å². The maximum atomic E-state index is 13.6. The minimum atomic E-state index is -4.51. The molecule has 0 bridgehead atoms. The van der Waals surface area contributed by atoms with Crippen molar-refractivity contribution >= 4 is 23.4 Å². The molecule has 2 rings (SSSR count). The number of carbonyl (C=O) groups is 2. The molecule has 0 aliphatic carbocycles. The highest BCUT2D eigenvalue weighted by Gasteiger charge is 2.39. The standard InChI is InChI=1S/C13H11ClF4N2O2/c14-8-2-1-3-9(15)11(8)12(22)19-7-4-10(21)20(5-7)6-13(16,17)18/h1-3,7H,4-6H2,(H,19,22)/t7-/m1/s1. The molecule has 2 amide bonds. The number of nitrogens with one attached hydrogen (secondary N) is 1. The molecule has 0 aromatic heterocycles. The minimum Gasteiger partial charge on any atom is -0.347 e. The molecule has 0 radical (unpaired) electrons. The van der Waals surface area contributed by atoms with Crippen LogP contribution in [-0.2, 0) is 4.79 Å². The molecular formula is C13H11ClF4N2O2. The second-order valence-corrected chi connectivity index (χ2v) is 5.27. The third-order valence-electron chi connectivity index (χ3n) is 3.11. The molecule has 1 saturated heterocycles. The molecule has 1 heterocycles. The molecule has 4 nitrogen and oxygen atoms in total. The van der Waals surface area contributed by atoms with E-state index in [1.165, 1.54) is 12.1 Å². The van der Waals surface area contributed by atoms with Crippen LogP contribution >= 0.6 is 11.6 Å². The summed E-state index contributed by atoms with van der Waals surface area (Å²) < 4.78 is 50.5. The fraction of sp³-hybridized carbons (Fsp3) is 0.385. The second kappa shape index (κ2) is 6.12. The third kappa shape index (κ3) is 3.88. The maximum Gasteiger partial charge on any atom is 0.406 e. The van der Waals surface area contributed by atoms with Crippen LogP contribution in [0.3, 0.4) is 0 Å². The van der Waals surface area contributed by atoms with Crippen molar-refractivity contribution in [2.45, 2.75) is 18.6 Å². The van der Waals surface area contributed by atoms with Crippen LogP contribution in [0.15, 0.2) is 18.2 Å². The lowest BCUT2D eigenvalue weighted by Crippen LogP contribution is -2.40. The highest BCUT2D eigenvalue weighted by molar-refractivity contribution is 6.33. The van der Waals surface area contributed by atoms with Crippen molar-refractivity contribution in [1.29, 1.82) is 0 Å². The molecule has 1 atom stereocenters. The van der Waals surface area contributed by atoms with E-state index in [1.807, 2.05) is 0 Å². The number of benzene rings is 1. The Bertz CT molecular complexity index is 586. The van der Waals surface area contributed by atoms with E-state index in [9.17, 15) is 27.2 Å². The summed E-state index contributed by atoms with van der Waals surface area (Å²) in [6.45, 7) is -1.66. The maximum absolute atomic E-state index is 13.6. The molecule has 22 heavy (non-hydrogen) atoms. The predicted octanol–water partition coefficient (Wildman–Crippen LogP) is 2.37. The van der Waals surface area contributed by atoms with Crippen molar-refractivity contribution in [1.82, 2.24) is 10.2 Å². The van der Waals surface area contributed by atoms with Gasteiger partial charge in [-0.25, -0.2) is 4.39 Å². The van der Waals surface area contributed by atoms with Gasteiger partial charge in [0, 0.05) is 13.0 Å². The van der Waals surface area contributed by atoms with Crippen LogP contribution in [0.5, 0.6) is 0 Å². The quantitative estimate of drug-likeness (QED) is 0.860. The molecule has 1 aromatic rings. The van der Waals surface area contributed by atoms with E-state index >= 15 is 0 Å². The van der Waals surface area contributed by atoms with Gasteiger partial charge >= 0.3 is 6.18 Å². The number of amides is 2. The molecule has 1 aliphatic heterocycles. The number of rotatable bonds is 3. The number of alkyl halides is 3. The Labute approximate surface area is 128 Å². The largest absolute Gasteiger partial charge is 0.406 e. The number of carbonyl (C=O) groups excluding carboxylic acids is 2. The van der Waals surface area contributed by atoms with Crippen LogP contribution in [0.2, 0.25) is 5.02 Å². The van der Waals surface area contributed by atoms with Gasteiger partial charge in [-0.05, 0) is 12.1 Å². The first-order chi connectivity index (χ1) is 10.2. The number of halogens is 5. The lowest BCUT2D eigenvalue weighted by atomic mass is 10.1. The summed E-state index contributed by atoms with van der Waals surface area (Å²) in [7, 11) is 0. The Hall–Kier alpha value is -1.83. The van der Waals surface area contributed by atoms with E-state index in [4.69, 9.17) is 11.6 Å². The highest BCUT2D eigenvalue weighted by Crippen LogP contribution is 2.22. The molecule has 120 valence electrons. The average Bonchev–Trinajstić information content (AvgIpc) is 2.66. The molecular weight excluding hydrogens is 328 g/mol. The van der Waals surface area contributed by atoms with Crippen LogP contribution in [0.1, 0.15) is 16.8 Å². The summed E-state index contributed by atoms with van der Waals surface area (Å²) in [5, 5.41) is 2.21. The Kier molecular flexibility index (Phi) is 4.60. The van der Waals surface area contributed by atoms with Crippen LogP contribution in [-0.4, -0.2) is 42.0 Å². The molecule has 1 fully saturated rings. The Morgan fingerprint density at radius 1 is 1.41 bits per heavy atom. The van der Waals surface area contributed by atoms with Crippen molar-refractivity contribution in [3.63, 3.8) is 0 Å². The first kappa shape index (κ1) is 16.5. The predicted molar refractivity (Wildman–Crippen MR) is 69.9 cm³/mol. The van der Waals surface area contributed by atoms with E-state index < -0.39 is 42.0 Å². The highest BCUT2D eigenvalue weighted by atomic mass is 35.5. The Morgan fingerprint density at radius 2 is 2.09 bits per heavy atom. The summed E-state index contributed by atoms with van der Waals surface area (Å²) in [6, 6.07) is 2.85. The molecule has 0 unspecified atom stereocenters. The second-order valence-electron chi connectivity index (χ2n) is 4.86. The number of hydrogen-bond acceptors (Lipinski definition) is 2. The number of hydrogen-bond donors (Lipinski definition) is 1. The first-order valence-electron chi connectivity index (χ1n) is 6.27. The zero-order valence-corrected chi connectivity index (χ0v) is 11.8. The van der Waals surface area contributed by atoms with Gasteiger partial charge in [0.25, 0.3) is 5.91 Å². The number of likely N-dealkylation sites (tertiary alicyclic amines) is 1. The smallest absolute Gasteiger partial charge is 0.347 e. The summed E-state index contributed by atoms with van der Waals surface area (Å²) in [6.07, 6.45) is -4.78. The van der Waals surface area contributed by atoms with E-state index in [0.29, 0.717) is 4.90 Å². The lowest BCUT2D eigenvalue weighted by Gasteiger charge is -2.18. The van der Waals surface area contributed by atoms with Crippen LogP contribution in [0.4, 0.5) is 17.6 Å². The van der Waals surface area contributed by atoms with Crippen molar-refractivity contribution in [2.24, 2.45) is 0 Å². The Balaban J connectivity index is 2.03. The van der Waals surface area contributed by atoms with Gasteiger partial charge in [0.1, 0.15) is 12.4 Å². The summed E-state index contributed by atoms with van der Waals surface area (Å²) >= 11 is 5.73.